The van der Waals surface area contributed by atoms with E-state index in [-0.39, 0.29) is 18.2 Å². The summed E-state index contributed by atoms with van der Waals surface area (Å²) in [5, 5.41) is 18.9. The van der Waals surface area contributed by atoms with E-state index in [4.69, 9.17) is 5.26 Å². The summed E-state index contributed by atoms with van der Waals surface area (Å²) in [6, 6.07) is 13.3. The normalized spacial score (nSPS) is 15.3. The molecule has 1 aliphatic rings. The van der Waals surface area contributed by atoms with E-state index in [2.05, 4.69) is 6.07 Å². The molecular formula is C19H16N2O2S. The van der Waals surface area contributed by atoms with Crippen LogP contribution in [-0.4, -0.2) is 17.6 Å². The van der Waals surface area contributed by atoms with E-state index in [1.807, 2.05) is 56.3 Å². The quantitative estimate of drug-likeness (QED) is 0.665. The number of benzene rings is 2. The molecule has 0 saturated heterocycles. The zero-order valence-electron chi connectivity index (χ0n) is 13.4. The Morgan fingerprint density at radius 1 is 1.25 bits per heavy atom. The summed E-state index contributed by atoms with van der Waals surface area (Å²) in [6.45, 7) is 3.68. The molecule has 0 saturated carbocycles. The van der Waals surface area contributed by atoms with Crippen LogP contribution >= 0.6 is 11.8 Å². The Kier molecular flexibility index (Phi) is 4.32. The van der Waals surface area contributed by atoms with Gasteiger partial charge in [0.1, 0.15) is 12.3 Å². The van der Waals surface area contributed by atoms with Crippen molar-refractivity contribution in [1.29, 1.82) is 5.26 Å². The smallest absolute Gasteiger partial charge is 0.266 e. The number of hydrogen-bond acceptors (Lipinski definition) is 4. The van der Waals surface area contributed by atoms with E-state index >= 15 is 0 Å². The Hall–Kier alpha value is -2.71. The third-order valence-corrected chi connectivity index (χ3v) is 4.95. The van der Waals surface area contributed by atoms with Crippen LogP contribution in [0.1, 0.15) is 16.7 Å². The number of carbonyl (C=O) groups excluding carboxylic acids is 1. The maximum absolute atomic E-state index is 12.8. The molecule has 0 atom stereocenters. The van der Waals surface area contributed by atoms with Crippen LogP contribution in [0.2, 0.25) is 0 Å². The molecule has 2 aromatic rings. The first-order valence-corrected chi connectivity index (χ1v) is 8.30. The van der Waals surface area contributed by atoms with Gasteiger partial charge in [0, 0.05) is 4.90 Å². The number of rotatable bonds is 2. The number of hydrogen-bond donors (Lipinski definition) is 1. The first-order valence-electron chi connectivity index (χ1n) is 7.49. The molecule has 120 valence electrons. The van der Waals surface area contributed by atoms with Crippen molar-refractivity contribution < 1.29 is 9.90 Å². The van der Waals surface area contributed by atoms with Gasteiger partial charge in [-0.05, 0) is 60.9 Å². The minimum absolute atomic E-state index is 0.0153. The Bertz CT molecular complexity index is 873. The number of aromatic hydroxyl groups is 1. The fraction of sp³-hybridized carbons (Fsp3) is 0.158. The number of para-hydroxylation sites is 1. The van der Waals surface area contributed by atoms with Crippen molar-refractivity contribution in [3.8, 4) is 11.8 Å². The highest BCUT2D eigenvalue weighted by Gasteiger charge is 2.28. The summed E-state index contributed by atoms with van der Waals surface area (Å²) in [5.41, 5.74) is 3.16. The number of phenols is 1. The number of phenolic OH excluding ortho intramolecular Hbond substituents is 1. The maximum Gasteiger partial charge on any atom is 0.266 e. The molecule has 0 aliphatic carbocycles. The van der Waals surface area contributed by atoms with Gasteiger partial charge in [-0.25, -0.2) is 0 Å². The SMILES string of the molecule is Cc1cc(C=C2Sc3ccccc3N(CC#N)C2=O)cc(C)c1O. The van der Waals surface area contributed by atoms with Crippen LogP contribution in [0.5, 0.6) is 5.75 Å². The monoisotopic (exact) mass is 336 g/mol. The summed E-state index contributed by atoms with van der Waals surface area (Å²) in [5.74, 6) is 0.0971. The minimum atomic E-state index is -0.177. The molecule has 24 heavy (non-hydrogen) atoms. The highest BCUT2D eigenvalue weighted by atomic mass is 32.2. The molecule has 1 amide bonds. The average molecular weight is 336 g/mol. The predicted octanol–water partition coefficient (Wildman–Crippen LogP) is 4.01. The van der Waals surface area contributed by atoms with E-state index in [1.54, 1.807) is 0 Å². The van der Waals surface area contributed by atoms with Crippen molar-refractivity contribution in [2.45, 2.75) is 18.7 Å². The van der Waals surface area contributed by atoms with E-state index in [1.165, 1.54) is 16.7 Å². The summed E-state index contributed by atoms with van der Waals surface area (Å²) in [7, 11) is 0. The van der Waals surface area contributed by atoms with Gasteiger partial charge in [-0.1, -0.05) is 23.9 Å². The highest BCUT2D eigenvalue weighted by Crippen LogP contribution is 2.42. The van der Waals surface area contributed by atoms with Gasteiger partial charge < -0.3 is 5.11 Å². The summed E-state index contributed by atoms with van der Waals surface area (Å²) < 4.78 is 0. The lowest BCUT2D eigenvalue weighted by atomic mass is 10.1. The summed E-state index contributed by atoms with van der Waals surface area (Å²) in [6.07, 6.45) is 1.81. The topological polar surface area (TPSA) is 64.3 Å². The third-order valence-electron chi connectivity index (χ3n) is 3.87. The minimum Gasteiger partial charge on any atom is -0.507 e. The molecule has 0 fully saturated rings. The average Bonchev–Trinajstić information content (AvgIpc) is 2.56. The number of fused-ring (bicyclic) bond motifs is 1. The lowest BCUT2D eigenvalue weighted by Gasteiger charge is -2.28. The molecule has 0 bridgehead atoms. The van der Waals surface area contributed by atoms with E-state index in [0.717, 1.165) is 27.3 Å². The largest absolute Gasteiger partial charge is 0.507 e. The molecule has 1 heterocycles. The Balaban J connectivity index is 2.06. The van der Waals surface area contributed by atoms with Crippen molar-refractivity contribution in [1.82, 2.24) is 0 Å². The van der Waals surface area contributed by atoms with Crippen molar-refractivity contribution in [3.05, 3.63) is 58.0 Å². The van der Waals surface area contributed by atoms with Gasteiger partial charge in [-0.3, -0.25) is 9.69 Å². The van der Waals surface area contributed by atoms with E-state index in [9.17, 15) is 9.90 Å². The van der Waals surface area contributed by atoms with Gasteiger partial charge in [0.15, 0.2) is 0 Å². The van der Waals surface area contributed by atoms with Gasteiger partial charge in [0.05, 0.1) is 16.7 Å². The van der Waals surface area contributed by atoms with Crippen LogP contribution in [0.4, 0.5) is 5.69 Å². The number of aryl methyl sites for hydroxylation is 2. The molecule has 2 aromatic carbocycles. The third kappa shape index (κ3) is 2.89. The predicted molar refractivity (Wildman–Crippen MR) is 95.8 cm³/mol. The fourth-order valence-electron chi connectivity index (χ4n) is 2.71. The van der Waals surface area contributed by atoms with E-state index < -0.39 is 0 Å². The molecular weight excluding hydrogens is 320 g/mol. The Labute approximate surface area is 145 Å². The first kappa shape index (κ1) is 16.2. The van der Waals surface area contributed by atoms with Crippen LogP contribution in [0.15, 0.2) is 46.2 Å². The molecule has 0 radical (unpaired) electrons. The standard InChI is InChI=1S/C19H16N2O2S/c1-12-9-14(10-13(2)18(12)22)11-17-19(23)21(8-7-20)15-5-3-4-6-16(15)24-17/h3-6,9-11,22H,8H2,1-2H3. The van der Waals surface area contributed by atoms with Crippen LogP contribution in [-0.2, 0) is 4.79 Å². The van der Waals surface area contributed by atoms with Gasteiger partial charge in [-0.2, -0.15) is 5.26 Å². The second-order valence-corrected chi connectivity index (χ2v) is 6.71. The second kappa shape index (κ2) is 6.42. The number of thioether (sulfide) groups is 1. The van der Waals surface area contributed by atoms with Crippen molar-refractivity contribution in [2.24, 2.45) is 0 Å². The van der Waals surface area contributed by atoms with Gasteiger partial charge in [0.25, 0.3) is 5.91 Å². The Morgan fingerprint density at radius 2 is 1.92 bits per heavy atom. The molecule has 0 spiro atoms. The van der Waals surface area contributed by atoms with Gasteiger partial charge in [-0.15, -0.1) is 0 Å². The summed E-state index contributed by atoms with van der Waals surface area (Å²) >= 11 is 1.40. The van der Waals surface area contributed by atoms with Crippen LogP contribution in [0.3, 0.4) is 0 Å². The van der Waals surface area contributed by atoms with Crippen LogP contribution in [0, 0.1) is 25.2 Å². The molecule has 0 unspecified atom stereocenters. The van der Waals surface area contributed by atoms with Gasteiger partial charge in [0.2, 0.25) is 0 Å². The first-order chi connectivity index (χ1) is 11.5. The zero-order chi connectivity index (χ0) is 17.3. The lowest BCUT2D eigenvalue weighted by Crippen LogP contribution is -2.34. The molecule has 3 rings (SSSR count). The lowest BCUT2D eigenvalue weighted by molar-refractivity contribution is -0.114. The van der Waals surface area contributed by atoms with E-state index in [0.29, 0.717) is 4.91 Å². The fourth-order valence-corrected chi connectivity index (χ4v) is 3.77. The number of amides is 1. The molecule has 1 N–H and O–H groups in total. The van der Waals surface area contributed by atoms with Crippen molar-refractivity contribution >= 4 is 29.4 Å². The van der Waals surface area contributed by atoms with Crippen molar-refractivity contribution in [2.75, 3.05) is 11.4 Å². The highest BCUT2D eigenvalue weighted by molar-refractivity contribution is 8.04. The molecule has 5 heteroatoms. The van der Waals surface area contributed by atoms with Crippen molar-refractivity contribution in [3.63, 3.8) is 0 Å². The van der Waals surface area contributed by atoms with Crippen LogP contribution < -0.4 is 4.90 Å². The zero-order valence-corrected chi connectivity index (χ0v) is 14.2. The number of anilines is 1. The second-order valence-electron chi connectivity index (χ2n) is 5.63. The maximum atomic E-state index is 12.8. The van der Waals surface area contributed by atoms with Crippen LogP contribution in [0.25, 0.3) is 6.08 Å². The molecule has 0 aromatic heterocycles. The number of carbonyl (C=O) groups is 1. The molecule has 4 nitrogen and oxygen atoms in total. The molecule has 1 aliphatic heterocycles. The van der Waals surface area contributed by atoms with Gasteiger partial charge >= 0.3 is 0 Å². The number of nitriles is 1. The Morgan fingerprint density at radius 3 is 2.58 bits per heavy atom. The number of nitrogens with zero attached hydrogens (tertiary/aromatic N) is 2. The summed E-state index contributed by atoms with van der Waals surface area (Å²) in [4.78, 5) is 15.8.